The summed E-state index contributed by atoms with van der Waals surface area (Å²) in [6.45, 7) is 2.66. The molecule has 0 aliphatic heterocycles. The van der Waals surface area contributed by atoms with Crippen LogP contribution < -0.4 is 10.6 Å². The fourth-order valence-electron chi connectivity index (χ4n) is 2.53. The average Bonchev–Trinajstić information content (AvgIpc) is 2.35. The molecule has 0 radical (unpaired) electrons. The Bertz CT molecular complexity index is 247. The van der Waals surface area contributed by atoms with Crippen molar-refractivity contribution < 1.29 is 4.79 Å². The number of likely N-dealkylation sites (N-methyl/N-ethyl adjacent to an activating group) is 2. The predicted molar refractivity (Wildman–Crippen MR) is 71.0 cm³/mol. The van der Waals surface area contributed by atoms with E-state index in [9.17, 15) is 4.79 Å². The first-order valence-corrected chi connectivity index (χ1v) is 6.64. The van der Waals surface area contributed by atoms with Crippen molar-refractivity contribution >= 4 is 5.91 Å². The normalized spacial score (nSPS) is 21.2. The highest BCUT2D eigenvalue weighted by Gasteiger charge is 2.34. The SMILES string of the molecule is CNC(C)C(=O)NCC1(N(C)C)CCCCC1. The van der Waals surface area contributed by atoms with Crippen molar-refractivity contribution in [3.05, 3.63) is 0 Å². The molecule has 0 aromatic rings. The van der Waals surface area contributed by atoms with Crippen LogP contribution in [0, 0.1) is 0 Å². The smallest absolute Gasteiger partial charge is 0.236 e. The monoisotopic (exact) mass is 241 g/mol. The van der Waals surface area contributed by atoms with Crippen LogP contribution in [0.25, 0.3) is 0 Å². The molecule has 17 heavy (non-hydrogen) atoms. The van der Waals surface area contributed by atoms with Gasteiger partial charge in [-0.15, -0.1) is 0 Å². The minimum absolute atomic E-state index is 0.0966. The Labute approximate surface area is 105 Å². The summed E-state index contributed by atoms with van der Waals surface area (Å²) in [5, 5.41) is 6.05. The molecule has 1 saturated carbocycles. The first kappa shape index (κ1) is 14.5. The van der Waals surface area contributed by atoms with Gasteiger partial charge in [0.25, 0.3) is 0 Å². The fraction of sp³-hybridized carbons (Fsp3) is 0.923. The van der Waals surface area contributed by atoms with Crippen LogP contribution in [0.4, 0.5) is 0 Å². The van der Waals surface area contributed by atoms with E-state index >= 15 is 0 Å². The van der Waals surface area contributed by atoms with Crippen LogP contribution in [-0.2, 0) is 4.79 Å². The third-order valence-electron chi connectivity index (χ3n) is 4.15. The zero-order valence-electron chi connectivity index (χ0n) is 11.7. The lowest BCUT2D eigenvalue weighted by Crippen LogP contribution is -2.55. The maximum Gasteiger partial charge on any atom is 0.236 e. The molecule has 1 aliphatic carbocycles. The summed E-state index contributed by atoms with van der Waals surface area (Å²) in [6.07, 6.45) is 6.25. The molecular formula is C13H27N3O. The molecular weight excluding hydrogens is 214 g/mol. The van der Waals surface area contributed by atoms with Crippen LogP contribution in [0.2, 0.25) is 0 Å². The van der Waals surface area contributed by atoms with Gasteiger partial charge >= 0.3 is 0 Å². The van der Waals surface area contributed by atoms with Crippen LogP contribution in [0.1, 0.15) is 39.0 Å². The molecule has 0 heterocycles. The summed E-state index contributed by atoms with van der Waals surface area (Å²) in [5.74, 6) is 0.0966. The Kier molecular flexibility index (Phi) is 5.40. The molecule has 100 valence electrons. The predicted octanol–water partition coefficient (Wildman–Crippen LogP) is 0.975. The van der Waals surface area contributed by atoms with Gasteiger partial charge in [-0.3, -0.25) is 4.79 Å². The number of hydrogen-bond donors (Lipinski definition) is 2. The average molecular weight is 241 g/mol. The summed E-state index contributed by atoms with van der Waals surface area (Å²) in [7, 11) is 6.06. The molecule has 1 aliphatic rings. The molecule has 2 N–H and O–H groups in total. The van der Waals surface area contributed by atoms with E-state index in [1.54, 1.807) is 0 Å². The molecule has 1 unspecified atom stereocenters. The second-order valence-corrected chi connectivity index (χ2v) is 5.41. The summed E-state index contributed by atoms with van der Waals surface area (Å²) in [6, 6.07) is -0.113. The minimum Gasteiger partial charge on any atom is -0.353 e. The van der Waals surface area contributed by atoms with E-state index in [-0.39, 0.29) is 17.5 Å². The largest absolute Gasteiger partial charge is 0.353 e. The molecule has 0 spiro atoms. The van der Waals surface area contributed by atoms with E-state index in [1.165, 1.54) is 32.1 Å². The van der Waals surface area contributed by atoms with Gasteiger partial charge in [0.1, 0.15) is 0 Å². The summed E-state index contributed by atoms with van der Waals surface area (Å²) < 4.78 is 0. The number of carbonyl (C=O) groups excluding carboxylic acids is 1. The minimum atomic E-state index is -0.113. The van der Waals surface area contributed by atoms with Gasteiger partial charge in [-0.25, -0.2) is 0 Å². The highest BCUT2D eigenvalue weighted by molar-refractivity contribution is 5.81. The molecule has 0 aromatic carbocycles. The zero-order valence-corrected chi connectivity index (χ0v) is 11.7. The number of carbonyl (C=O) groups is 1. The second-order valence-electron chi connectivity index (χ2n) is 5.41. The van der Waals surface area contributed by atoms with E-state index in [2.05, 4.69) is 29.6 Å². The van der Waals surface area contributed by atoms with Gasteiger partial charge in [-0.2, -0.15) is 0 Å². The number of rotatable bonds is 5. The van der Waals surface area contributed by atoms with Gasteiger partial charge in [-0.05, 0) is 40.9 Å². The first-order chi connectivity index (χ1) is 8.02. The van der Waals surface area contributed by atoms with Crippen molar-refractivity contribution in [1.82, 2.24) is 15.5 Å². The van der Waals surface area contributed by atoms with E-state index in [0.29, 0.717) is 0 Å². The van der Waals surface area contributed by atoms with Crippen LogP contribution in [0.3, 0.4) is 0 Å². The van der Waals surface area contributed by atoms with Crippen molar-refractivity contribution in [2.24, 2.45) is 0 Å². The van der Waals surface area contributed by atoms with Gasteiger partial charge in [0.15, 0.2) is 0 Å². The van der Waals surface area contributed by atoms with Crippen LogP contribution in [0.15, 0.2) is 0 Å². The van der Waals surface area contributed by atoms with Crippen molar-refractivity contribution in [2.45, 2.75) is 50.6 Å². The zero-order chi connectivity index (χ0) is 12.9. The van der Waals surface area contributed by atoms with E-state index < -0.39 is 0 Å². The topological polar surface area (TPSA) is 44.4 Å². The Balaban J connectivity index is 2.53. The third kappa shape index (κ3) is 3.68. The molecule has 0 saturated heterocycles. The van der Waals surface area contributed by atoms with E-state index in [4.69, 9.17) is 0 Å². The summed E-state index contributed by atoms with van der Waals surface area (Å²) in [5.41, 5.74) is 0.168. The standard InChI is InChI=1S/C13H27N3O/c1-11(14-2)12(17)15-10-13(16(3)4)8-6-5-7-9-13/h11,14H,5-10H2,1-4H3,(H,15,17). The molecule has 1 rings (SSSR count). The highest BCUT2D eigenvalue weighted by Crippen LogP contribution is 2.31. The third-order valence-corrected chi connectivity index (χ3v) is 4.15. The number of nitrogens with one attached hydrogen (secondary N) is 2. The quantitative estimate of drug-likeness (QED) is 0.754. The Morgan fingerprint density at radius 3 is 2.35 bits per heavy atom. The summed E-state index contributed by atoms with van der Waals surface area (Å²) in [4.78, 5) is 14.1. The Morgan fingerprint density at radius 2 is 1.88 bits per heavy atom. The number of amides is 1. The van der Waals surface area contributed by atoms with E-state index in [0.717, 1.165) is 6.54 Å². The van der Waals surface area contributed by atoms with Crippen molar-refractivity contribution in [2.75, 3.05) is 27.7 Å². The Morgan fingerprint density at radius 1 is 1.29 bits per heavy atom. The van der Waals surface area contributed by atoms with Gasteiger partial charge in [0, 0.05) is 12.1 Å². The highest BCUT2D eigenvalue weighted by atomic mass is 16.2. The number of nitrogens with zero attached hydrogens (tertiary/aromatic N) is 1. The van der Waals surface area contributed by atoms with Gasteiger partial charge in [0.2, 0.25) is 5.91 Å². The maximum atomic E-state index is 11.8. The molecule has 0 bridgehead atoms. The van der Waals surface area contributed by atoms with Crippen molar-refractivity contribution in [3.63, 3.8) is 0 Å². The van der Waals surface area contributed by atoms with Crippen molar-refractivity contribution in [1.29, 1.82) is 0 Å². The molecule has 4 nitrogen and oxygen atoms in total. The molecule has 0 aromatic heterocycles. The van der Waals surface area contributed by atoms with Crippen LogP contribution in [0.5, 0.6) is 0 Å². The van der Waals surface area contributed by atoms with E-state index in [1.807, 2.05) is 14.0 Å². The Hall–Kier alpha value is -0.610. The van der Waals surface area contributed by atoms with Gasteiger partial charge in [-0.1, -0.05) is 19.3 Å². The van der Waals surface area contributed by atoms with Gasteiger partial charge in [0.05, 0.1) is 6.04 Å². The van der Waals surface area contributed by atoms with Crippen molar-refractivity contribution in [3.8, 4) is 0 Å². The lowest BCUT2D eigenvalue weighted by molar-refractivity contribution is -0.123. The summed E-state index contributed by atoms with van der Waals surface area (Å²) >= 11 is 0. The van der Waals surface area contributed by atoms with Crippen LogP contribution in [-0.4, -0.2) is 50.1 Å². The maximum absolute atomic E-state index is 11.8. The molecule has 1 amide bonds. The van der Waals surface area contributed by atoms with Gasteiger partial charge < -0.3 is 15.5 Å². The van der Waals surface area contributed by atoms with Crippen LogP contribution >= 0.6 is 0 Å². The molecule has 1 atom stereocenters. The molecule has 1 fully saturated rings. The first-order valence-electron chi connectivity index (χ1n) is 6.64. The lowest BCUT2D eigenvalue weighted by atomic mass is 9.80. The lowest BCUT2D eigenvalue weighted by Gasteiger charge is -2.43. The second kappa shape index (κ2) is 6.36. The fourth-order valence-corrected chi connectivity index (χ4v) is 2.53. The number of hydrogen-bond acceptors (Lipinski definition) is 3. The molecule has 4 heteroatoms.